The summed E-state index contributed by atoms with van der Waals surface area (Å²) in [5.41, 5.74) is 2.41. The Labute approximate surface area is 109 Å². The van der Waals surface area contributed by atoms with Gasteiger partial charge in [0, 0.05) is 5.92 Å². The molecule has 3 nitrogen and oxygen atoms in total. The number of benzene rings is 1. The van der Waals surface area contributed by atoms with Crippen LogP contribution in [-0.2, 0) is 14.3 Å². The Morgan fingerprint density at radius 3 is 2.33 bits per heavy atom. The maximum atomic E-state index is 11.3. The van der Waals surface area contributed by atoms with E-state index in [4.69, 9.17) is 4.18 Å². The number of hydrogen-bond donors (Lipinski definition) is 0. The predicted octanol–water partition coefficient (Wildman–Crippen LogP) is 3.00. The summed E-state index contributed by atoms with van der Waals surface area (Å²) in [6.45, 7) is 2.05. The van der Waals surface area contributed by atoms with Gasteiger partial charge in [0.15, 0.2) is 0 Å². The van der Waals surface area contributed by atoms with E-state index < -0.39 is 10.1 Å². The van der Waals surface area contributed by atoms with E-state index in [9.17, 15) is 8.42 Å². The van der Waals surface area contributed by atoms with Crippen LogP contribution in [0.4, 0.5) is 0 Å². The van der Waals surface area contributed by atoms with Gasteiger partial charge in [0.25, 0.3) is 10.1 Å². The molecule has 100 valence electrons. The average molecular weight is 268 g/mol. The monoisotopic (exact) mass is 268 g/mol. The molecule has 0 amide bonds. The Morgan fingerprint density at radius 2 is 1.72 bits per heavy atom. The molecule has 1 aromatic carbocycles. The van der Waals surface area contributed by atoms with Crippen LogP contribution in [0.25, 0.3) is 0 Å². The first-order valence-corrected chi connectivity index (χ1v) is 8.22. The summed E-state index contributed by atoms with van der Waals surface area (Å²) in [7, 11) is -3.37. The third-order valence-corrected chi connectivity index (χ3v) is 4.10. The molecule has 0 unspecified atom stereocenters. The zero-order valence-electron chi connectivity index (χ0n) is 10.9. The van der Waals surface area contributed by atoms with Gasteiger partial charge in [-0.25, -0.2) is 0 Å². The minimum atomic E-state index is -3.37. The Kier molecular flexibility index (Phi) is 4.07. The van der Waals surface area contributed by atoms with E-state index in [-0.39, 0.29) is 12.0 Å². The van der Waals surface area contributed by atoms with Crippen molar-refractivity contribution in [1.82, 2.24) is 0 Å². The predicted molar refractivity (Wildman–Crippen MR) is 72.1 cm³/mol. The molecule has 0 saturated heterocycles. The lowest BCUT2D eigenvalue weighted by Crippen LogP contribution is -2.28. The molecule has 0 N–H and O–H groups in total. The summed E-state index contributed by atoms with van der Waals surface area (Å²) in [6, 6.07) is 8.32. The van der Waals surface area contributed by atoms with Gasteiger partial charge in [-0.2, -0.15) is 8.42 Å². The highest BCUT2D eigenvalue weighted by molar-refractivity contribution is 7.86. The van der Waals surface area contributed by atoms with Crippen molar-refractivity contribution < 1.29 is 12.6 Å². The molecule has 2 rings (SSSR count). The molecular weight excluding hydrogens is 248 g/mol. The van der Waals surface area contributed by atoms with Crippen LogP contribution in [-0.4, -0.2) is 20.8 Å². The zero-order valence-corrected chi connectivity index (χ0v) is 11.7. The number of aryl methyl sites for hydroxylation is 1. The van der Waals surface area contributed by atoms with Crippen molar-refractivity contribution in [2.45, 2.75) is 44.6 Å². The van der Waals surface area contributed by atoms with E-state index >= 15 is 0 Å². The van der Waals surface area contributed by atoms with E-state index in [0.717, 1.165) is 31.9 Å². The van der Waals surface area contributed by atoms with Gasteiger partial charge in [-0.3, -0.25) is 4.18 Å². The van der Waals surface area contributed by atoms with Gasteiger partial charge in [0.2, 0.25) is 0 Å². The smallest absolute Gasteiger partial charge is 0.264 e. The molecule has 1 aliphatic rings. The van der Waals surface area contributed by atoms with Crippen LogP contribution in [0.2, 0.25) is 0 Å². The van der Waals surface area contributed by atoms with Crippen LogP contribution >= 0.6 is 0 Å². The lowest BCUT2D eigenvalue weighted by atomic mass is 9.81. The zero-order chi connectivity index (χ0) is 13.2. The molecule has 0 bridgehead atoms. The Morgan fingerprint density at radius 1 is 1.11 bits per heavy atom. The van der Waals surface area contributed by atoms with E-state index in [0.29, 0.717) is 0 Å². The standard InChI is InChI=1S/C14H20O3S/c1-11-7-9-12(10-8-11)13-5-3-4-6-14(13)17-18(2,15)16/h7-10,13-14H,3-6H2,1-2H3/t13-,14+/m1/s1. The Hall–Kier alpha value is -0.870. The van der Waals surface area contributed by atoms with Crippen molar-refractivity contribution in [1.29, 1.82) is 0 Å². The molecule has 1 saturated carbocycles. The van der Waals surface area contributed by atoms with Crippen LogP contribution < -0.4 is 0 Å². The topological polar surface area (TPSA) is 43.4 Å². The highest BCUT2D eigenvalue weighted by Gasteiger charge is 2.29. The molecule has 0 heterocycles. The van der Waals surface area contributed by atoms with Crippen molar-refractivity contribution in [3.63, 3.8) is 0 Å². The van der Waals surface area contributed by atoms with E-state index in [2.05, 4.69) is 31.2 Å². The highest BCUT2D eigenvalue weighted by atomic mass is 32.2. The molecule has 4 heteroatoms. The third-order valence-electron chi connectivity index (χ3n) is 3.51. The molecule has 1 fully saturated rings. The summed E-state index contributed by atoms with van der Waals surface area (Å²) in [4.78, 5) is 0. The molecule has 1 aliphatic carbocycles. The molecule has 18 heavy (non-hydrogen) atoms. The first-order valence-electron chi connectivity index (χ1n) is 6.40. The van der Waals surface area contributed by atoms with Crippen molar-refractivity contribution in [2.75, 3.05) is 6.26 Å². The SMILES string of the molecule is Cc1ccc([C@H]2CCCC[C@@H]2OS(C)(=O)=O)cc1. The minimum Gasteiger partial charge on any atom is -0.266 e. The fourth-order valence-electron chi connectivity index (χ4n) is 2.63. The van der Waals surface area contributed by atoms with Gasteiger partial charge < -0.3 is 0 Å². The molecule has 0 radical (unpaired) electrons. The maximum absolute atomic E-state index is 11.3. The lowest BCUT2D eigenvalue weighted by molar-refractivity contribution is 0.138. The normalized spacial score (nSPS) is 25.0. The van der Waals surface area contributed by atoms with E-state index in [1.165, 1.54) is 11.1 Å². The minimum absolute atomic E-state index is 0.198. The summed E-state index contributed by atoms with van der Waals surface area (Å²) < 4.78 is 27.9. The van der Waals surface area contributed by atoms with Crippen molar-refractivity contribution >= 4 is 10.1 Å². The fraction of sp³-hybridized carbons (Fsp3) is 0.571. The van der Waals surface area contributed by atoms with Gasteiger partial charge in [-0.15, -0.1) is 0 Å². The van der Waals surface area contributed by atoms with E-state index in [1.807, 2.05) is 0 Å². The van der Waals surface area contributed by atoms with Crippen molar-refractivity contribution in [2.24, 2.45) is 0 Å². The molecular formula is C14H20O3S. The molecule has 0 aromatic heterocycles. The van der Waals surface area contributed by atoms with Gasteiger partial charge >= 0.3 is 0 Å². The summed E-state index contributed by atoms with van der Waals surface area (Å²) in [5, 5.41) is 0. The van der Waals surface area contributed by atoms with Crippen LogP contribution in [0.15, 0.2) is 24.3 Å². The van der Waals surface area contributed by atoms with Gasteiger partial charge in [0.05, 0.1) is 12.4 Å². The quantitative estimate of drug-likeness (QED) is 0.791. The van der Waals surface area contributed by atoms with Crippen molar-refractivity contribution in [3.05, 3.63) is 35.4 Å². The molecule has 2 atom stereocenters. The van der Waals surface area contributed by atoms with Crippen LogP contribution in [0.1, 0.15) is 42.7 Å². The number of hydrogen-bond acceptors (Lipinski definition) is 3. The van der Waals surface area contributed by atoms with Gasteiger partial charge in [-0.05, 0) is 25.3 Å². The van der Waals surface area contributed by atoms with Gasteiger partial charge in [0.1, 0.15) is 0 Å². The first kappa shape index (κ1) is 13.6. The van der Waals surface area contributed by atoms with E-state index in [1.54, 1.807) is 0 Å². The Bertz CT molecular complexity index is 490. The maximum Gasteiger partial charge on any atom is 0.264 e. The second-order valence-corrected chi connectivity index (χ2v) is 6.74. The Balaban J connectivity index is 2.20. The summed E-state index contributed by atoms with van der Waals surface area (Å²) in [6.07, 6.45) is 4.95. The second-order valence-electron chi connectivity index (χ2n) is 5.14. The van der Waals surface area contributed by atoms with Gasteiger partial charge in [-0.1, -0.05) is 42.7 Å². The average Bonchev–Trinajstić information content (AvgIpc) is 2.29. The second kappa shape index (κ2) is 5.41. The largest absolute Gasteiger partial charge is 0.266 e. The lowest BCUT2D eigenvalue weighted by Gasteiger charge is -2.30. The van der Waals surface area contributed by atoms with Crippen molar-refractivity contribution in [3.8, 4) is 0 Å². The fourth-order valence-corrected chi connectivity index (χ4v) is 3.31. The molecule has 1 aromatic rings. The third kappa shape index (κ3) is 3.56. The van der Waals surface area contributed by atoms with Crippen LogP contribution in [0.5, 0.6) is 0 Å². The number of rotatable bonds is 3. The molecule has 0 spiro atoms. The highest BCUT2D eigenvalue weighted by Crippen LogP contribution is 2.35. The summed E-state index contributed by atoms with van der Waals surface area (Å²) in [5.74, 6) is 0.203. The van der Waals surface area contributed by atoms with Crippen LogP contribution in [0, 0.1) is 6.92 Å². The summed E-state index contributed by atoms with van der Waals surface area (Å²) >= 11 is 0. The first-order chi connectivity index (χ1) is 8.46. The molecule has 0 aliphatic heterocycles. The van der Waals surface area contributed by atoms with Crippen LogP contribution in [0.3, 0.4) is 0 Å².